The average Bonchev–Trinajstić information content (AvgIpc) is 2.57. The van der Waals surface area contributed by atoms with Crippen LogP contribution in [0.25, 0.3) is 0 Å². The van der Waals surface area contributed by atoms with Gasteiger partial charge >= 0.3 is 0 Å². The second-order valence-corrected chi connectivity index (χ2v) is 5.57. The highest BCUT2D eigenvalue weighted by Gasteiger charge is 2.32. The molecule has 0 fully saturated rings. The van der Waals surface area contributed by atoms with Crippen LogP contribution in [-0.4, -0.2) is 39.9 Å². The average molecular weight is 339 g/mol. The third-order valence-corrected chi connectivity index (χ3v) is 3.69. The lowest BCUT2D eigenvalue weighted by atomic mass is 10.2. The van der Waals surface area contributed by atoms with E-state index in [4.69, 9.17) is 23.2 Å². The van der Waals surface area contributed by atoms with Crippen molar-refractivity contribution in [1.29, 1.82) is 0 Å². The number of hydrogen-bond acceptors (Lipinski definition) is 6. The summed E-state index contributed by atoms with van der Waals surface area (Å²) in [6, 6.07) is 3.13. The highest BCUT2D eigenvalue weighted by molar-refractivity contribution is 6.30. The van der Waals surface area contributed by atoms with Crippen molar-refractivity contribution in [2.75, 3.05) is 23.4 Å². The van der Waals surface area contributed by atoms with E-state index in [1.165, 1.54) is 6.07 Å². The van der Waals surface area contributed by atoms with Crippen molar-refractivity contribution in [3.63, 3.8) is 0 Å². The fourth-order valence-corrected chi connectivity index (χ4v) is 2.65. The molecule has 1 aliphatic heterocycles. The Morgan fingerprint density at radius 3 is 2.36 bits per heavy atom. The van der Waals surface area contributed by atoms with E-state index < -0.39 is 0 Å². The Morgan fingerprint density at radius 1 is 1.05 bits per heavy atom. The highest BCUT2D eigenvalue weighted by atomic mass is 35.5. The molecule has 0 saturated heterocycles. The third-order valence-electron chi connectivity index (χ3n) is 3.32. The maximum atomic E-state index is 12.9. The molecule has 1 aliphatic rings. The summed E-state index contributed by atoms with van der Waals surface area (Å²) in [6.07, 6.45) is 0.774. The number of halogens is 2. The zero-order valence-corrected chi connectivity index (χ0v) is 13.4. The van der Waals surface area contributed by atoms with Crippen LogP contribution in [0.15, 0.2) is 12.1 Å². The molecule has 114 valence electrons. The molecular formula is C13H12Cl2N6O. The van der Waals surface area contributed by atoms with Crippen LogP contribution in [-0.2, 0) is 0 Å². The molecule has 9 heteroatoms. The standard InChI is InChI=1S/C13H12Cl2N6O/c1-3-4-21-8-6-10(15)17-19-12(8)20(2)11-7(13(21)22)5-9(14)16-18-11/h5-6H,3-4H2,1-2H3. The summed E-state index contributed by atoms with van der Waals surface area (Å²) >= 11 is 11.8. The lowest BCUT2D eigenvalue weighted by molar-refractivity contribution is 0.0988. The molecule has 2 aromatic heterocycles. The zero-order chi connectivity index (χ0) is 15.9. The van der Waals surface area contributed by atoms with Crippen molar-refractivity contribution in [2.45, 2.75) is 13.3 Å². The monoisotopic (exact) mass is 338 g/mol. The molecule has 0 unspecified atom stereocenters. The smallest absolute Gasteiger partial charge is 0.262 e. The predicted molar refractivity (Wildman–Crippen MR) is 84.1 cm³/mol. The molecule has 0 saturated carbocycles. The Hall–Kier alpha value is -1.99. The van der Waals surface area contributed by atoms with Crippen LogP contribution < -0.4 is 9.80 Å². The molecule has 0 aliphatic carbocycles. The normalized spacial score (nSPS) is 13.7. The number of rotatable bonds is 2. The lowest BCUT2D eigenvalue weighted by Gasteiger charge is -2.22. The molecule has 0 aromatic carbocycles. The van der Waals surface area contributed by atoms with Gasteiger partial charge in [0.25, 0.3) is 5.91 Å². The summed E-state index contributed by atoms with van der Waals surface area (Å²) in [7, 11) is 1.74. The highest BCUT2D eigenvalue weighted by Crippen LogP contribution is 2.38. The SMILES string of the molecule is CCCN1C(=O)c2cc(Cl)nnc2N(C)c2nnc(Cl)cc21. The van der Waals surface area contributed by atoms with E-state index in [0.717, 1.165) is 6.42 Å². The zero-order valence-electron chi connectivity index (χ0n) is 11.9. The minimum absolute atomic E-state index is 0.159. The van der Waals surface area contributed by atoms with Crippen molar-refractivity contribution in [2.24, 2.45) is 0 Å². The van der Waals surface area contributed by atoms with Gasteiger partial charge in [0.15, 0.2) is 21.9 Å². The van der Waals surface area contributed by atoms with Gasteiger partial charge in [-0.05, 0) is 12.5 Å². The quantitative estimate of drug-likeness (QED) is 0.837. The maximum absolute atomic E-state index is 12.9. The fourth-order valence-electron chi connectivity index (χ4n) is 2.36. The van der Waals surface area contributed by atoms with Crippen LogP contribution in [0.2, 0.25) is 10.3 Å². The van der Waals surface area contributed by atoms with Crippen LogP contribution in [0.3, 0.4) is 0 Å². The van der Waals surface area contributed by atoms with Crippen LogP contribution in [0.5, 0.6) is 0 Å². The molecule has 0 spiro atoms. The van der Waals surface area contributed by atoms with Crippen LogP contribution >= 0.6 is 23.2 Å². The minimum Gasteiger partial charge on any atom is -0.309 e. The Morgan fingerprint density at radius 2 is 1.68 bits per heavy atom. The number of hydrogen-bond donors (Lipinski definition) is 0. The van der Waals surface area contributed by atoms with Crippen LogP contribution in [0.4, 0.5) is 17.3 Å². The summed E-state index contributed by atoms with van der Waals surface area (Å²) in [4.78, 5) is 16.1. The summed E-state index contributed by atoms with van der Waals surface area (Å²) in [6.45, 7) is 2.50. The first-order valence-corrected chi connectivity index (χ1v) is 7.40. The van der Waals surface area contributed by atoms with Crippen molar-refractivity contribution < 1.29 is 4.79 Å². The molecule has 0 N–H and O–H groups in total. The molecule has 3 heterocycles. The van der Waals surface area contributed by atoms with Gasteiger partial charge in [-0.1, -0.05) is 30.1 Å². The minimum atomic E-state index is -0.219. The van der Waals surface area contributed by atoms with Gasteiger partial charge in [-0.3, -0.25) is 4.79 Å². The van der Waals surface area contributed by atoms with Crippen molar-refractivity contribution >= 4 is 46.4 Å². The molecule has 1 amide bonds. The Balaban J connectivity index is 2.28. The molecule has 22 heavy (non-hydrogen) atoms. The van der Waals surface area contributed by atoms with Crippen molar-refractivity contribution in [1.82, 2.24) is 20.4 Å². The van der Waals surface area contributed by atoms with Crippen molar-refractivity contribution in [3.8, 4) is 0 Å². The molecular weight excluding hydrogens is 327 g/mol. The summed E-state index contributed by atoms with van der Waals surface area (Å²) in [5, 5.41) is 16.2. The molecule has 0 bridgehead atoms. The van der Waals surface area contributed by atoms with Gasteiger partial charge in [-0.15, -0.1) is 20.4 Å². The van der Waals surface area contributed by atoms with Crippen molar-refractivity contribution in [3.05, 3.63) is 28.0 Å². The van der Waals surface area contributed by atoms with Gasteiger partial charge in [0, 0.05) is 19.7 Å². The van der Waals surface area contributed by atoms with Gasteiger partial charge < -0.3 is 9.80 Å². The van der Waals surface area contributed by atoms with E-state index >= 15 is 0 Å². The number of fused-ring (bicyclic) bond motifs is 2. The second-order valence-electron chi connectivity index (χ2n) is 4.80. The topological polar surface area (TPSA) is 75.1 Å². The Labute approximate surface area is 136 Å². The third kappa shape index (κ3) is 2.36. The largest absolute Gasteiger partial charge is 0.309 e. The first-order chi connectivity index (χ1) is 10.5. The molecule has 0 atom stereocenters. The first-order valence-electron chi connectivity index (χ1n) is 6.65. The van der Waals surface area contributed by atoms with Gasteiger partial charge in [-0.2, -0.15) is 0 Å². The summed E-state index contributed by atoms with van der Waals surface area (Å²) in [5.41, 5.74) is 0.952. The molecule has 7 nitrogen and oxygen atoms in total. The van der Waals surface area contributed by atoms with E-state index in [1.807, 2.05) is 6.92 Å². The summed E-state index contributed by atoms with van der Waals surface area (Å²) in [5.74, 6) is 0.649. The number of nitrogens with zero attached hydrogens (tertiary/aromatic N) is 6. The maximum Gasteiger partial charge on any atom is 0.262 e. The van der Waals surface area contributed by atoms with Gasteiger partial charge in [-0.25, -0.2) is 0 Å². The van der Waals surface area contributed by atoms with E-state index in [2.05, 4.69) is 20.4 Å². The number of carbonyl (C=O) groups is 1. The van der Waals surface area contributed by atoms with Gasteiger partial charge in [0.2, 0.25) is 0 Å². The second kappa shape index (κ2) is 5.66. The fraction of sp³-hybridized carbons (Fsp3) is 0.308. The molecule has 3 rings (SSSR count). The molecule has 2 aromatic rings. The number of aromatic nitrogens is 4. The Bertz CT molecular complexity index is 753. The number of amides is 1. The Kier molecular flexibility index (Phi) is 3.84. The van der Waals surface area contributed by atoms with Gasteiger partial charge in [0.05, 0.1) is 11.3 Å². The van der Waals surface area contributed by atoms with Crippen LogP contribution in [0, 0.1) is 0 Å². The first kappa shape index (κ1) is 14.9. The van der Waals surface area contributed by atoms with E-state index in [9.17, 15) is 4.79 Å². The van der Waals surface area contributed by atoms with Gasteiger partial charge in [0.1, 0.15) is 0 Å². The molecule has 0 radical (unpaired) electrons. The lowest BCUT2D eigenvalue weighted by Crippen LogP contribution is -2.31. The summed E-state index contributed by atoms with van der Waals surface area (Å²) < 4.78 is 0. The van der Waals surface area contributed by atoms with E-state index in [-0.39, 0.29) is 16.2 Å². The van der Waals surface area contributed by atoms with E-state index in [1.54, 1.807) is 22.9 Å². The number of carbonyl (C=O) groups excluding carboxylic acids is 1. The number of anilines is 3. The van der Waals surface area contributed by atoms with E-state index in [0.29, 0.717) is 29.4 Å². The predicted octanol–water partition coefficient (Wildman–Crippen LogP) is 2.71. The van der Waals surface area contributed by atoms with Crippen LogP contribution in [0.1, 0.15) is 23.7 Å².